The number of nitrogens with one attached hydrogen (secondary N) is 1. The average molecular weight is 501 g/mol. The van der Waals surface area contributed by atoms with Crippen LogP contribution in [0.4, 0.5) is 5.69 Å². The normalized spacial score (nSPS) is 13.2. The van der Waals surface area contributed by atoms with Gasteiger partial charge in [0.25, 0.3) is 5.69 Å². The van der Waals surface area contributed by atoms with Gasteiger partial charge < -0.3 is 5.11 Å². The highest BCUT2D eigenvalue weighted by Gasteiger charge is 2.30. The van der Waals surface area contributed by atoms with Crippen LogP contribution in [-0.4, -0.2) is 36.2 Å². The first-order chi connectivity index (χ1) is 17.6. The van der Waals surface area contributed by atoms with Gasteiger partial charge in [-0.05, 0) is 53.5 Å². The van der Waals surface area contributed by atoms with Gasteiger partial charge in [0.05, 0.1) is 22.9 Å². The van der Waals surface area contributed by atoms with Crippen molar-refractivity contribution >= 4 is 11.7 Å². The summed E-state index contributed by atoms with van der Waals surface area (Å²) in [6, 6.07) is 22.5. The van der Waals surface area contributed by atoms with Crippen LogP contribution in [0.25, 0.3) is 11.1 Å². The minimum absolute atomic E-state index is 0.113. The number of nitrogens with zero attached hydrogens (tertiary/aromatic N) is 5. The Labute approximate surface area is 214 Å². The third-order valence-electron chi connectivity index (χ3n) is 5.97. The number of nitro groups is 1. The molecule has 0 saturated heterocycles. The van der Waals surface area contributed by atoms with Crippen LogP contribution in [0.2, 0.25) is 0 Å². The first-order valence-electron chi connectivity index (χ1n) is 11.8. The fourth-order valence-electron chi connectivity index (χ4n) is 4.17. The van der Waals surface area contributed by atoms with Gasteiger partial charge in [-0.3, -0.25) is 20.2 Å². The van der Waals surface area contributed by atoms with E-state index in [0.717, 1.165) is 16.7 Å². The summed E-state index contributed by atoms with van der Waals surface area (Å²) >= 11 is 0. The quantitative estimate of drug-likeness (QED) is 0.245. The SMILES string of the molecule is CC(C)(C)n1nnnc1C(NC(CC(=O)O)c1cccc([N+](=O)[O-])c1)c1ccc(-c2ccccc2)cc1. The van der Waals surface area contributed by atoms with Crippen molar-refractivity contribution in [3.05, 3.63) is 106 Å². The third kappa shape index (κ3) is 6.04. The molecule has 0 spiro atoms. The molecule has 0 saturated carbocycles. The van der Waals surface area contributed by atoms with E-state index in [4.69, 9.17) is 0 Å². The Morgan fingerprint density at radius 3 is 2.30 bits per heavy atom. The molecule has 190 valence electrons. The lowest BCUT2D eigenvalue weighted by atomic mass is 9.96. The molecule has 0 amide bonds. The van der Waals surface area contributed by atoms with Gasteiger partial charge in [-0.1, -0.05) is 66.7 Å². The van der Waals surface area contributed by atoms with Crippen LogP contribution >= 0.6 is 0 Å². The zero-order chi connectivity index (χ0) is 26.6. The number of rotatable bonds is 9. The van der Waals surface area contributed by atoms with Crippen LogP contribution in [0.1, 0.15) is 56.2 Å². The summed E-state index contributed by atoms with van der Waals surface area (Å²) < 4.78 is 1.70. The number of tetrazole rings is 1. The second kappa shape index (κ2) is 10.7. The molecule has 2 N–H and O–H groups in total. The lowest BCUT2D eigenvalue weighted by molar-refractivity contribution is -0.384. The molecule has 0 fully saturated rings. The van der Waals surface area contributed by atoms with Crippen molar-refractivity contribution in [3.8, 4) is 11.1 Å². The molecule has 4 aromatic rings. The van der Waals surface area contributed by atoms with Gasteiger partial charge in [-0.15, -0.1) is 5.10 Å². The van der Waals surface area contributed by atoms with Crippen molar-refractivity contribution in [1.82, 2.24) is 25.5 Å². The molecule has 0 radical (unpaired) electrons. The van der Waals surface area contributed by atoms with Gasteiger partial charge in [0.1, 0.15) is 0 Å². The lowest BCUT2D eigenvalue weighted by Crippen LogP contribution is -2.34. The number of non-ortho nitro benzene ring substituents is 1. The minimum atomic E-state index is -1.04. The topological polar surface area (TPSA) is 136 Å². The van der Waals surface area contributed by atoms with Crippen LogP contribution in [-0.2, 0) is 10.3 Å². The largest absolute Gasteiger partial charge is 0.481 e. The number of aromatic nitrogens is 4. The maximum Gasteiger partial charge on any atom is 0.305 e. The fourth-order valence-corrected chi connectivity index (χ4v) is 4.17. The molecule has 0 aliphatic heterocycles. The Hall–Kier alpha value is -4.44. The molecular formula is C27H28N6O4. The number of carbonyl (C=O) groups is 1. The fraction of sp³-hybridized carbons (Fsp3) is 0.259. The lowest BCUT2D eigenvalue weighted by Gasteiger charge is -2.28. The number of aliphatic carboxylic acids is 1. The molecule has 37 heavy (non-hydrogen) atoms. The van der Waals surface area contributed by atoms with Crippen molar-refractivity contribution in [3.63, 3.8) is 0 Å². The predicted molar refractivity (Wildman–Crippen MR) is 138 cm³/mol. The van der Waals surface area contributed by atoms with Crippen LogP contribution < -0.4 is 5.32 Å². The highest BCUT2D eigenvalue weighted by atomic mass is 16.6. The highest BCUT2D eigenvalue weighted by molar-refractivity contribution is 5.68. The molecule has 4 rings (SSSR count). The number of carboxylic acids is 1. The third-order valence-corrected chi connectivity index (χ3v) is 5.97. The average Bonchev–Trinajstić information content (AvgIpc) is 3.38. The summed E-state index contributed by atoms with van der Waals surface area (Å²) in [5.41, 5.74) is 2.84. The molecular weight excluding hydrogens is 472 g/mol. The van der Waals surface area contributed by atoms with E-state index in [2.05, 4.69) is 20.8 Å². The number of hydrogen-bond donors (Lipinski definition) is 2. The van der Waals surface area contributed by atoms with Gasteiger partial charge in [0.2, 0.25) is 0 Å². The molecule has 10 nitrogen and oxygen atoms in total. The van der Waals surface area contributed by atoms with E-state index in [0.29, 0.717) is 11.4 Å². The molecule has 1 heterocycles. The van der Waals surface area contributed by atoms with Crippen LogP contribution in [0.5, 0.6) is 0 Å². The second-order valence-electron chi connectivity index (χ2n) is 9.71. The number of carboxylic acid groups (broad SMARTS) is 1. The first-order valence-corrected chi connectivity index (χ1v) is 11.8. The smallest absolute Gasteiger partial charge is 0.305 e. The van der Waals surface area contributed by atoms with E-state index in [1.54, 1.807) is 16.8 Å². The van der Waals surface area contributed by atoms with Crippen molar-refractivity contribution in [1.29, 1.82) is 0 Å². The molecule has 0 aliphatic carbocycles. The molecule has 10 heteroatoms. The van der Waals surface area contributed by atoms with E-state index >= 15 is 0 Å². The van der Waals surface area contributed by atoms with Crippen molar-refractivity contribution < 1.29 is 14.8 Å². The number of benzene rings is 3. The monoisotopic (exact) mass is 500 g/mol. The zero-order valence-corrected chi connectivity index (χ0v) is 20.8. The zero-order valence-electron chi connectivity index (χ0n) is 20.8. The van der Waals surface area contributed by atoms with E-state index in [9.17, 15) is 20.0 Å². The molecule has 1 aromatic heterocycles. The van der Waals surface area contributed by atoms with Gasteiger partial charge in [-0.2, -0.15) is 0 Å². The van der Waals surface area contributed by atoms with Gasteiger partial charge >= 0.3 is 5.97 Å². The second-order valence-corrected chi connectivity index (χ2v) is 9.71. The Morgan fingerprint density at radius 1 is 1.00 bits per heavy atom. The summed E-state index contributed by atoms with van der Waals surface area (Å²) in [6.07, 6.45) is -0.295. The summed E-state index contributed by atoms with van der Waals surface area (Å²) in [5, 5.41) is 36.8. The standard InChI is InChI=1S/C27H28N6O4/c1-27(2,3)32-26(29-30-31-32)25(20-14-12-19(13-15-20)18-8-5-4-6-9-18)28-23(17-24(34)35)21-10-7-11-22(16-21)33(36)37/h4-16,23,25,28H,17H2,1-3H3,(H,34,35). The van der Waals surface area contributed by atoms with Crippen molar-refractivity contribution in [2.75, 3.05) is 0 Å². The maximum absolute atomic E-state index is 11.8. The maximum atomic E-state index is 11.8. The highest BCUT2D eigenvalue weighted by Crippen LogP contribution is 2.31. The molecule has 2 atom stereocenters. The molecule has 0 aliphatic rings. The van der Waals surface area contributed by atoms with Crippen molar-refractivity contribution in [2.45, 2.75) is 44.8 Å². The van der Waals surface area contributed by atoms with Gasteiger partial charge in [0.15, 0.2) is 5.82 Å². The van der Waals surface area contributed by atoms with Crippen molar-refractivity contribution in [2.24, 2.45) is 0 Å². The molecule has 2 unspecified atom stereocenters. The van der Waals surface area contributed by atoms with E-state index in [-0.39, 0.29) is 12.1 Å². The van der Waals surface area contributed by atoms with E-state index < -0.39 is 28.5 Å². The van der Waals surface area contributed by atoms with Crippen LogP contribution in [0, 0.1) is 10.1 Å². The van der Waals surface area contributed by atoms with E-state index in [1.807, 2.05) is 75.4 Å². The summed E-state index contributed by atoms with van der Waals surface area (Å²) in [4.78, 5) is 22.7. The van der Waals surface area contributed by atoms with Crippen LogP contribution in [0.15, 0.2) is 78.9 Å². The predicted octanol–water partition coefficient (Wildman–Crippen LogP) is 4.90. The summed E-state index contributed by atoms with van der Waals surface area (Å²) in [7, 11) is 0. The number of hydrogen-bond acceptors (Lipinski definition) is 7. The molecule has 3 aromatic carbocycles. The minimum Gasteiger partial charge on any atom is -0.481 e. The number of nitro benzene ring substituents is 1. The Morgan fingerprint density at radius 2 is 1.68 bits per heavy atom. The first kappa shape index (κ1) is 25.6. The Kier molecular flexibility index (Phi) is 7.40. The molecule has 0 bridgehead atoms. The van der Waals surface area contributed by atoms with E-state index in [1.165, 1.54) is 12.1 Å². The summed E-state index contributed by atoms with van der Waals surface area (Å²) in [5.74, 6) is -0.543. The Bertz CT molecular complexity index is 1380. The summed E-state index contributed by atoms with van der Waals surface area (Å²) in [6.45, 7) is 5.91. The van der Waals surface area contributed by atoms with Gasteiger partial charge in [0, 0.05) is 18.2 Å². The Balaban J connectivity index is 1.78. The van der Waals surface area contributed by atoms with Gasteiger partial charge in [-0.25, -0.2) is 4.68 Å². The van der Waals surface area contributed by atoms with Crippen LogP contribution in [0.3, 0.4) is 0 Å².